The Labute approximate surface area is 78.6 Å². The van der Waals surface area contributed by atoms with Gasteiger partial charge in [0, 0.05) is 22.3 Å². The molecule has 4 N–H and O–H groups in total. The van der Waals surface area contributed by atoms with Crippen LogP contribution in [0.3, 0.4) is 0 Å². The lowest BCUT2D eigenvalue weighted by Gasteiger charge is -2.06. The number of rotatable bonds is 1. The fourth-order valence-electron chi connectivity index (χ4n) is 0.815. The minimum atomic E-state index is 0.396. The summed E-state index contributed by atoms with van der Waals surface area (Å²) in [5.74, 6) is 0. The van der Waals surface area contributed by atoms with Gasteiger partial charge >= 0.3 is 0 Å². The van der Waals surface area contributed by atoms with Crippen molar-refractivity contribution in [3.8, 4) is 0 Å². The van der Waals surface area contributed by atoms with E-state index in [9.17, 15) is 0 Å². The van der Waals surface area contributed by atoms with Gasteiger partial charge in [0.15, 0.2) is 0 Å². The van der Waals surface area contributed by atoms with Crippen LogP contribution in [-0.2, 0) is 6.54 Å². The van der Waals surface area contributed by atoms with Gasteiger partial charge in [-0.1, -0.05) is 11.6 Å². The van der Waals surface area contributed by atoms with Crippen molar-refractivity contribution in [3.05, 3.63) is 27.2 Å². The maximum absolute atomic E-state index is 5.81. The summed E-state index contributed by atoms with van der Waals surface area (Å²) in [6, 6.07) is 3.48. The molecular formula is C7H8BrClN2. The molecule has 0 aromatic heterocycles. The average molecular weight is 236 g/mol. The zero-order valence-corrected chi connectivity index (χ0v) is 8.11. The van der Waals surface area contributed by atoms with Crippen molar-refractivity contribution in [3.63, 3.8) is 0 Å². The quantitative estimate of drug-likeness (QED) is 0.733. The van der Waals surface area contributed by atoms with Crippen LogP contribution < -0.4 is 11.5 Å². The maximum atomic E-state index is 5.81. The molecule has 1 aromatic carbocycles. The maximum Gasteiger partial charge on any atom is 0.0552 e. The molecule has 0 saturated carbocycles. The highest BCUT2D eigenvalue weighted by molar-refractivity contribution is 9.10. The van der Waals surface area contributed by atoms with Crippen LogP contribution in [0.2, 0.25) is 5.02 Å². The number of hydrogen-bond donors (Lipinski definition) is 2. The minimum absolute atomic E-state index is 0.396. The molecule has 1 rings (SSSR count). The van der Waals surface area contributed by atoms with Gasteiger partial charge in [0.2, 0.25) is 0 Å². The van der Waals surface area contributed by atoms with E-state index in [4.69, 9.17) is 23.1 Å². The second kappa shape index (κ2) is 3.43. The molecule has 0 aliphatic carbocycles. The van der Waals surface area contributed by atoms with Crippen molar-refractivity contribution >= 4 is 33.2 Å². The second-order valence-electron chi connectivity index (χ2n) is 2.13. The molecular weight excluding hydrogens is 227 g/mol. The Bertz CT molecular complexity index is 275. The number of anilines is 1. The van der Waals surface area contributed by atoms with Crippen LogP contribution in [0.5, 0.6) is 0 Å². The third-order valence-electron chi connectivity index (χ3n) is 1.44. The van der Waals surface area contributed by atoms with E-state index in [2.05, 4.69) is 15.9 Å². The summed E-state index contributed by atoms with van der Waals surface area (Å²) in [5, 5.41) is 0.639. The Hall–Kier alpha value is -0.250. The third-order valence-corrected chi connectivity index (χ3v) is 2.89. The van der Waals surface area contributed by atoms with Gasteiger partial charge in [0.05, 0.1) is 5.02 Å². The highest BCUT2D eigenvalue weighted by Gasteiger charge is 2.05. The van der Waals surface area contributed by atoms with E-state index in [1.54, 1.807) is 12.1 Å². The molecule has 0 aliphatic rings. The van der Waals surface area contributed by atoms with Crippen molar-refractivity contribution in [2.24, 2.45) is 5.73 Å². The lowest BCUT2D eigenvalue weighted by molar-refractivity contribution is 1.07. The van der Waals surface area contributed by atoms with Gasteiger partial charge in [-0.2, -0.15) is 0 Å². The molecule has 0 spiro atoms. The minimum Gasteiger partial charge on any atom is -0.398 e. The molecule has 1 aromatic rings. The predicted molar refractivity (Wildman–Crippen MR) is 51.5 cm³/mol. The molecule has 0 atom stereocenters. The molecule has 0 bridgehead atoms. The molecule has 0 aliphatic heterocycles. The van der Waals surface area contributed by atoms with Gasteiger partial charge in [-0.3, -0.25) is 0 Å². The van der Waals surface area contributed by atoms with E-state index >= 15 is 0 Å². The normalized spacial score (nSPS) is 10.1. The summed E-state index contributed by atoms with van der Waals surface area (Å²) in [5.41, 5.74) is 12.6. The third kappa shape index (κ3) is 1.67. The van der Waals surface area contributed by atoms with Crippen LogP contribution in [0.25, 0.3) is 0 Å². The largest absolute Gasteiger partial charge is 0.398 e. The SMILES string of the molecule is NCc1c(N)ccc(Cl)c1Br. The number of nitrogen functional groups attached to an aromatic ring is 1. The Morgan fingerprint density at radius 3 is 2.55 bits per heavy atom. The van der Waals surface area contributed by atoms with Crippen LogP contribution in [0.1, 0.15) is 5.56 Å². The number of nitrogens with two attached hydrogens (primary N) is 2. The summed E-state index contributed by atoms with van der Waals surface area (Å²) >= 11 is 9.11. The van der Waals surface area contributed by atoms with Gasteiger partial charge in [0.25, 0.3) is 0 Å². The van der Waals surface area contributed by atoms with Crippen molar-refractivity contribution in [1.29, 1.82) is 0 Å². The first-order chi connectivity index (χ1) is 5.16. The summed E-state index contributed by atoms with van der Waals surface area (Å²) in [6.07, 6.45) is 0. The summed E-state index contributed by atoms with van der Waals surface area (Å²) in [4.78, 5) is 0. The standard InChI is InChI=1S/C7H8BrClN2/c8-7-4(3-10)6(11)2-1-5(7)9/h1-2H,3,10-11H2. The van der Waals surface area contributed by atoms with E-state index in [1.165, 1.54) is 0 Å². The van der Waals surface area contributed by atoms with Crippen LogP contribution in [0.15, 0.2) is 16.6 Å². The van der Waals surface area contributed by atoms with Crippen molar-refractivity contribution < 1.29 is 0 Å². The molecule has 60 valence electrons. The molecule has 0 radical (unpaired) electrons. The van der Waals surface area contributed by atoms with Gasteiger partial charge in [-0.25, -0.2) is 0 Å². The topological polar surface area (TPSA) is 52.0 Å². The van der Waals surface area contributed by atoms with Crippen LogP contribution >= 0.6 is 27.5 Å². The molecule has 0 fully saturated rings. The average Bonchev–Trinajstić information content (AvgIpc) is 1.99. The zero-order valence-electron chi connectivity index (χ0n) is 5.77. The van der Waals surface area contributed by atoms with Crippen LogP contribution in [0, 0.1) is 0 Å². The summed E-state index contributed by atoms with van der Waals surface area (Å²) < 4.78 is 0.793. The molecule has 0 heterocycles. The van der Waals surface area contributed by atoms with Crippen LogP contribution in [-0.4, -0.2) is 0 Å². The summed E-state index contributed by atoms with van der Waals surface area (Å²) in [6.45, 7) is 0.396. The Balaban J connectivity index is 3.29. The van der Waals surface area contributed by atoms with E-state index < -0.39 is 0 Å². The smallest absolute Gasteiger partial charge is 0.0552 e. The predicted octanol–water partition coefficient (Wildman–Crippen LogP) is 2.14. The monoisotopic (exact) mass is 234 g/mol. The number of halogens is 2. The van der Waals surface area contributed by atoms with E-state index in [-0.39, 0.29) is 0 Å². The fourth-order valence-corrected chi connectivity index (χ4v) is 1.52. The molecule has 0 unspecified atom stereocenters. The zero-order chi connectivity index (χ0) is 8.43. The summed E-state index contributed by atoms with van der Waals surface area (Å²) in [7, 11) is 0. The Morgan fingerprint density at radius 1 is 1.45 bits per heavy atom. The molecule has 0 saturated heterocycles. The first kappa shape index (κ1) is 8.84. The van der Waals surface area contributed by atoms with Crippen molar-refractivity contribution in [2.45, 2.75) is 6.54 Å². The first-order valence-corrected chi connectivity index (χ1v) is 4.26. The van der Waals surface area contributed by atoms with E-state index in [1.807, 2.05) is 0 Å². The van der Waals surface area contributed by atoms with Crippen molar-refractivity contribution in [1.82, 2.24) is 0 Å². The molecule has 0 amide bonds. The fraction of sp³-hybridized carbons (Fsp3) is 0.143. The van der Waals surface area contributed by atoms with Crippen molar-refractivity contribution in [2.75, 3.05) is 5.73 Å². The number of hydrogen-bond acceptors (Lipinski definition) is 2. The highest BCUT2D eigenvalue weighted by atomic mass is 79.9. The van der Waals surface area contributed by atoms with Gasteiger partial charge < -0.3 is 11.5 Å². The molecule has 11 heavy (non-hydrogen) atoms. The van der Waals surface area contributed by atoms with Gasteiger partial charge in [0.1, 0.15) is 0 Å². The van der Waals surface area contributed by atoms with Crippen LogP contribution in [0.4, 0.5) is 5.69 Å². The first-order valence-electron chi connectivity index (χ1n) is 3.09. The number of benzene rings is 1. The Morgan fingerprint density at radius 2 is 2.09 bits per heavy atom. The highest BCUT2D eigenvalue weighted by Crippen LogP contribution is 2.29. The molecule has 2 nitrogen and oxygen atoms in total. The van der Waals surface area contributed by atoms with Gasteiger partial charge in [-0.05, 0) is 28.1 Å². The van der Waals surface area contributed by atoms with Gasteiger partial charge in [-0.15, -0.1) is 0 Å². The lowest BCUT2D eigenvalue weighted by Crippen LogP contribution is -2.02. The second-order valence-corrected chi connectivity index (χ2v) is 3.33. The molecule has 4 heteroatoms. The lowest BCUT2D eigenvalue weighted by atomic mass is 10.2. The van der Waals surface area contributed by atoms with E-state index in [0.717, 1.165) is 10.0 Å². The Kier molecular flexibility index (Phi) is 2.76. The van der Waals surface area contributed by atoms with E-state index in [0.29, 0.717) is 17.3 Å².